The molecule has 21 heavy (non-hydrogen) atoms. The maximum Gasteiger partial charge on any atom is 0.335 e. The molecule has 0 saturated carbocycles. The lowest BCUT2D eigenvalue weighted by atomic mass is 10.1. The minimum atomic E-state index is -1.05. The number of benzene rings is 1. The molecule has 0 bridgehead atoms. The van der Waals surface area contributed by atoms with Gasteiger partial charge in [-0.2, -0.15) is 0 Å². The van der Waals surface area contributed by atoms with Crippen LogP contribution < -0.4 is 0 Å². The van der Waals surface area contributed by atoms with E-state index in [2.05, 4.69) is 0 Å². The molecule has 0 radical (unpaired) electrons. The number of nitrogens with zero attached hydrogens (tertiary/aromatic N) is 2. The van der Waals surface area contributed by atoms with Gasteiger partial charge >= 0.3 is 5.97 Å². The molecule has 112 valence electrons. The van der Waals surface area contributed by atoms with Gasteiger partial charge in [0.05, 0.1) is 5.56 Å². The average molecular weight is 290 g/mol. The van der Waals surface area contributed by atoms with E-state index in [0.29, 0.717) is 31.7 Å². The average Bonchev–Trinajstić information content (AvgIpc) is 2.72. The summed E-state index contributed by atoms with van der Waals surface area (Å²) in [7, 11) is 0. The molecule has 1 fully saturated rings. The Hall–Kier alpha value is -2.37. The second-order valence-electron chi connectivity index (χ2n) is 5.04. The fourth-order valence-electron chi connectivity index (χ4n) is 2.40. The van der Waals surface area contributed by atoms with Gasteiger partial charge in [-0.05, 0) is 24.6 Å². The van der Waals surface area contributed by atoms with Crippen molar-refractivity contribution in [2.24, 2.45) is 0 Å². The molecule has 0 spiro atoms. The zero-order chi connectivity index (χ0) is 15.4. The van der Waals surface area contributed by atoms with Gasteiger partial charge in [0.2, 0.25) is 5.91 Å². The van der Waals surface area contributed by atoms with E-state index in [-0.39, 0.29) is 17.4 Å². The third-order valence-electron chi connectivity index (χ3n) is 3.58. The van der Waals surface area contributed by atoms with Gasteiger partial charge in [-0.15, -0.1) is 0 Å². The molecule has 1 N–H and O–H groups in total. The molecule has 1 saturated heterocycles. The normalized spacial score (nSPS) is 15.5. The maximum atomic E-state index is 12.4. The number of amides is 2. The van der Waals surface area contributed by atoms with Crippen LogP contribution in [-0.2, 0) is 4.79 Å². The van der Waals surface area contributed by atoms with Gasteiger partial charge in [0, 0.05) is 38.7 Å². The van der Waals surface area contributed by atoms with Gasteiger partial charge in [0.15, 0.2) is 0 Å². The summed E-state index contributed by atoms with van der Waals surface area (Å²) in [4.78, 5) is 38.2. The van der Waals surface area contributed by atoms with Crippen molar-refractivity contribution in [3.8, 4) is 0 Å². The third-order valence-corrected chi connectivity index (χ3v) is 3.58. The molecule has 1 aliphatic rings. The molecule has 2 amide bonds. The van der Waals surface area contributed by atoms with Crippen molar-refractivity contribution in [3.63, 3.8) is 0 Å². The van der Waals surface area contributed by atoms with Crippen LogP contribution in [0.3, 0.4) is 0 Å². The predicted molar refractivity (Wildman–Crippen MR) is 76.2 cm³/mol. The second-order valence-corrected chi connectivity index (χ2v) is 5.04. The van der Waals surface area contributed by atoms with E-state index < -0.39 is 5.97 Å². The van der Waals surface area contributed by atoms with Gasteiger partial charge in [-0.25, -0.2) is 4.79 Å². The van der Waals surface area contributed by atoms with Crippen molar-refractivity contribution in [2.45, 2.75) is 13.3 Å². The largest absolute Gasteiger partial charge is 0.478 e. The zero-order valence-corrected chi connectivity index (χ0v) is 11.9. The highest BCUT2D eigenvalue weighted by Gasteiger charge is 2.21. The molecule has 0 aliphatic carbocycles. The molecule has 1 heterocycles. The highest BCUT2D eigenvalue weighted by Crippen LogP contribution is 2.11. The van der Waals surface area contributed by atoms with Crippen LogP contribution in [-0.4, -0.2) is 58.9 Å². The molecule has 0 aromatic heterocycles. The molecule has 2 rings (SSSR count). The number of carbonyl (C=O) groups excluding carboxylic acids is 2. The molecular weight excluding hydrogens is 272 g/mol. The SMILES string of the molecule is CC(=O)N1CCCN(C(=O)c2cccc(C(=O)O)c2)CC1. The lowest BCUT2D eigenvalue weighted by Gasteiger charge is -2.21. The minimum absolute atomic E-state index is 0.0113. The smallest absolute Gasteiger partial charge is 0.335 e. The highest BCUT2D eigenvalue weighted by molar-refractivity contribution is 5.97. The minimum Gasteiger partial charge on any atom is -0.478 e. The van der Waals surface area contributed by atoms with Crippen molar-refractivity contribution in [1.82, 2.24) is 9.80 Å². The van der Waals surface area contributed by atoms with E-state index in [1.54, 1.807) is 21.9 Å². The summed E-state index contributed by atoms with van der Waals surface area (Å²) < 4.78 is 0. The number of aromatic carboxylic acids is 1. The lowest BCUT2D eigenvalue weighted by Crippen LogP contribution is -2.36. The first-order chi connectivity index (χ1) is 9.99. The van der Waals surface area contributed by atoms with Gasteiger partial charge in [0.25, 0.3) is 5.91 Å². The van der Waals surface area contributed by atoms with Gasteiger partial charge in [-0.3, -0.25) is 9.59 Å². The van der Waals surface area contributed by atoms with Crippen molar-refractivity contribution in [3.05, 3.63) is 35.4 Å². The lowest BCUT2D eigenvalue weighted by molar-refractivity contribution is -0.128. The summed E-state index contributed by atoms with van der Waals surface area (Å²) in [5.74, 6) is -1.23. The Labute approximate surface area is 123 Å². The van der Waals surface area contributed by atoms with Crippen LogP contribution in [0.2, 0.25) is 0 Å². The predicted octanol–water partition coefficient (Wildman–Crippen LogP) is 1.08. The second kappa shape index (κ2) is 6.39. The summed E-state index contributed by atoms with van der Waals surface area (Å²) in [6.07, 6.45) is 0.726. The van der Waals surface area contributed by atoms with Crippen LogP contribution in [0.5, 0.6) is 0 Å². The Balaban J connectivity index is 2.11. The number of hydrogen-bond donors (Lipinski definition) is 1. The number of carbonyl (C=O) groups is 3. The van der Waals surface area contributed by atoms with E-state index in [4.69, 9.17) is 5.11 Å². The first kappa shape index (κ1) is 15.0. The van der Waals surface area contributed by atoms with Crippen LogP contribution in [0.4, 0.5) is 0 Å². The molecule has 1 aromatic rings. The number of hydrogen-bond acceptors (Lipinski definition) is 3. The summed E-state index contributed by atoms with van der Waals surface area (Å²) in [5, 5.41) is 8.97. The van der Waals surface area contributed by atoms with Crippen LogP contribution in [0.15, 0.2) is 24.3 Å². The fourth-order valence-corrected chi connectivity index (χ4v) is 2.40. The highest BCUT2D eigenvalue weighted by atomic mass is 16.4. The van der Waals surface area contributed by atoms with Gasteiger partial charge in [0.1, 0.15) is 0 Å². The fraction of sp³-hybridized carbons (Fsp3) is 0.400. The topological polar surface area (TPSA) is 77.9 Å². The molecule has 1 aliphatic heterocycles. The summed E-state index contributed by atoms with van der Waals surface area (Å²) in [6.45, 7) is 3.72. The van der Waals surface area contributed by atoms with Gasteiger partial charge < -0.3 is 14.9 Å². The Morgan fingerprint density at radius 3 is 2.29 bits per heavy atom. The molecule has 6 nitrogen and oxygen atoms in total. The van der Waals surface area contributed by atoms with E-state index in [1.165, 1.54) is 19.1 Å². The monoisotopic (exact) mass is 290 g/mol. The van der Waals surface area contributed by atoms with Crippen LogP contribution >= 0.6 is 0 Å². The molecule has 6 heteroatoms. The first-order valence-electron chi connectivity index (χ1n) is 6.87. The molecule has 0 atom stereocenters. The quantitative estimate of drug-likeness (QED) is 0.884. The molecular formula is C15H18N2O4. The molecule has 1 aromatic carbocycles. The van der Waals surface area contributed by atoms with E-state index >= 15 is 0 Å². The summed E-state index contributed by atoms with van der Waals surface area (Å²) in [5.41, 5.74) is 0.465. The molecule has 0 unspecified atom stereocenters. The van der Waals surface area contributed by atoms with Crippen molar-refractivity contribution in [2.75, 3.05) is 26.2 Å². The Kier molecular flexibility index (Phi) is 4.57. The van der Waals surface area contributed by atoms with Crippen molar-refractivity contribution in [1.29, 1.82) is 0 Å². The maximum absolute atomic E-state index is 12.4. The van der Waals surface area contributed by atoms with Crippen LogP contribution in [0, 0.1) is 0 Å². The third kappa shape index (κ3) is 3.59. The standard InChI is InChI=1S/C15H18N2O4/c1-11(18)16-6-3-7-17(9-8-16)14(19)12-4-2-5-13(10-12)15(20)21/h2,4-5,10H,3,6-9H2,1H3,(H,20,21). The zero-order valence-electron chi connectivity index (χ0n) is 11.9. The first-order valence-corrected chi connectivity index (χ1v) is 6.87. The van der Waals surface area contributed by atoms with Gasteiger partial charge in [-0.1, -0.05) is 6.07 Å². The number of carboxylic acid groups (broad SMARTS) is 1. The number of rotatable bonds is 2. The Bertz CT molecular complexity index is 571. The van der Waals surface area contributed by atoms with E-state index in [9.17, 15) is 14.4 Å². The summed E-state index contributed by atoms with van der Waals surface area (Å²) in [6, 6.07) is 6.02. The van der Waals surface area contributed by atoms with Crippen molar-refractivity contribution >= 4 is 17.8 Å². The number of carboxylic acids is 1. The van der Waals surface area contributed by atoms with E-state index in [0.717, 1.165) is 6.42 Å². The summed E-state index contributed by atoms with van der Waals surface area (Å²) >= 11 is 0. The van der Waals surface area contributed by atoms with E-state index in [1.807, 2.05) is 0 Å². The Morgan fingerprint density at radius 1 is 1.00 bits per heavy atom. The van der Waals surface area contributed by atoms with Crippen LogP contribution in [0.25, 0.3) is 0 Å². The van der Waals surface area contributed by atoms with Crippen molar-refractivity contribution < 1.29 is 19.5 Å². The van der Waals surface area contributed by atoms with Crippen LogP contribution in [0.1, 0.15) is 34.1 Å². The Morgan fingerprint density at radius 2 is 1.62 bits per heavy atom.